The maximum atomic E-state index is 6.26. The summed E-state index contributed by atoms with van der Waals surface area (Å²) in [4.78, 5) is -0.0185. The van der Waals surface area contributed by atoms with Crippen LogP contribution in [0, 0.1) is 5.92 Å². The van der Waals surface area contributed by atoms with Gasteiger partial charge in [-0.1, -0.05) is 19.1 Å². The highest BCUT2D eigenvalue weighted by molar-refractivity contribution is 6.24. The van der Waals surface area contributed by atoms with Crippen LogP contribution in [0.3, 0.4) is 0 Å². The molecule has 0 amide bonds. The van der Waals surface area contributed by atoms with Crippen molar-refractivity contribution in [2.45, 2.75) is 38.0 Å². The summed E-state index contributed by atoms with van der Waals surface area (Å²) < 4.78 is 0. The zero-order valence-corrected chi connectivity index (χ0v) is 7.54. The SMILES string of the molecule is C=C1CCCC(C)(Cl)C1C. The summed E-state index contributed by atoms with van der Waals surface area (Å²) in [5, 5.41) is 0. The third-order valence-electron chi connectivity index (χ3n) is 2.68. The van der Waals surface area contributed by atoms with E-state index in [1.807, 2.05) is 0 Å². The van der Waals surface area contributed by atoms with Gasteiger partial charge in [0.05, 0.1) is 0 Å². The summed E-state index contributed by atoms with van der Waals surface area (Å²) in [5.41, 5.74) is 1.32. The maximum absolute atomic E-state index is 6.26. The van der Waals surface area contributed by atoms with Gasteiger partial charge in [0, 0.05) is 4.87 Å². The predicted molar refractivity (Wildman–Crippen MR) is 46.4 cm³/mol. The molecular formula is C9H15Cl. The molecule has 0 nitrogen and oxygen atoms in total. The molecule has 58 valence electrons. The Labute approximate surface area is 68.3 Å². The quantitative estimate of drug-likeness (QED) is 0.375. The van der Waals surface area contributed by atoms with Crippen molar-refractivity contribution in [1.29, 1.82) is 0 Å². The molecule has 2 unspecified atom stereocenters. The fraction of sp³-hybridized carbons (Fsp3) is 0.778. The lowest BCUT2D eigenvalue weighted by Gasteiger charge is -2.35. The van der Waals surface area contributed by atoms with Crippen LogP contribution in [-0.2, 0) is 0 Å². The van der Waals surface area contributed by atoms with Crippen molar-refractivity contribution < 1.29 is 0 Å². The molecule has 0 N–H and O–H groups in total. The first-order valence-corrected chi connectivity index (χ1v) is 4.28. The van der Waals surface area contributed by atoms with Crippen LogP contribution in [0.5, 0.6) is 0 Å². The van der Waals surface area contributed by atoms with E-state index in [9.17, 15) is 0 Å². The third kappa shape index (κ3) is 1.37. The Kier molecular flexibility index (Phi) is 2.10. The molecule has 1 fully saturated rings. The standard InChI is InChI=1S/C9H15Cl/c1-7-5-4-6-9(3,10)8(7)2/h8H,1,4-6H2,2-3H3. The molecule has 0 spiro atoms. The Morgan fingerprint density at radius 3 is 2.70 bits per heavy atom. The van der Waals surface area contributed by atoms with Crippen LogP contribution in [0.25, 0.3) is 0 Å². The van der Waals surface area contributed by atoms with E-state index in [1.54, 1.807) is 0 Å². The van der Waals surface area contributed by atoms with E-state index < -0.39 is 0 Å². The van der Waals surface area contributed by atoms with E-state index in [2.05, 4.69) is 20.4 Å². The lowest BCUT2D eigenvalue weighted by Crippen LogP contribution is -2.31. The van der Waals surface area contributed by atoms with Crippen LogP contribution in [0.4, 0.5) is 0 Å². The van der Waals surface area contributed by atoms with Gasteiger partial charge in [-0.25, -0.2) is 0 Å². The molecule has 0 saturated heterocycles. The largest absolute Gasteiger partial charge is 0.119 e. The van der Waals surface area contributed by atoms with Crippen molar-refractivity contribution in [2.75, 3.05) is 0 Å². The average Bonchev–Trinajstić information content (AvgIpc) is 1.83. The van der Waals surface area contributed by atoms with Crippen LogP contribution in [-0.4, -0.2) is 4.87 Å². The number of hydrogen-bond acceptors (Lipinski definition) is 0. The zero-order chi connectivity index (χ0) is 7.78. The van der Waals surface area contributed by atoms with E-state index in [0.717, 1.165) is 6.42 Å². The van der Waals surface area contributed by atoms with Crippen molar-refractivity contribution in [3.8, 4) is 0 Å². The normalized spacial score (nSPS) is 41.9. The zero-order valence-electron chi connectivity index (χ0n) is 6.78. The van der Waals surface area contributed by atoms with Gasteiger partial charge >= 0.3 is 0 Å². The lowest BCUT2D eigenvalue weighted by atomic mass is 9.78. The van der Waals surface area contributed by atoms with E-state index >= 15 is 0 Å². The number of rotatable bonds is 0. The Bertz CT molecular complexity index is 147. The first-order chi connectivity index (χ1) is 4.54. The molecule has 2 atom stereocenters. The van der Waals surface area contributed by atoms with Crippen LogP contribution in [0.15, 0.2) is 12.2 Å². The molecule has 1 aliphatic rings. The number of allylic oxidation sites excluding steroid dienone is 1. The third-order valence-corrected chi connectivity index (χ3v) is 3.20. The van der Waals surface area contributed by atoms with E-state index in [4.69, 9.17) is 11.6 Å². The van der Waals surface area contributed by atoms with Crippen LogP contribution in [0.2, 0.25) is 0 Å². The van der Waals surface area contributed by atoms with Gasteiger partial charge in [-0.15, -0.1) is 11.6 Å². The molecule has 0 heterocycles. The molecule has 0 aromatic heterocycles. The van der Waals surface area contributed by atoms with E-state index in [-0.39, 0.29) is 4.87 Å². The second kappa shape index (κ2) is 2.58. The fourth-order valence-electron chi connectivity index (χ4n) is 1.52. The number of hydrogen-bond donors (Lipinski definition) is 0. The lowest BCUT2D eigenvalue weighted by molar-refractivity contribution is 0.383. The molecule has 10 heavy (non-hydrogen) atoms. The summed E-state index contributed by atoms with van der Waals surface area (Å²) in [6, 6.07) is 0. The molecule has 1 aliphatic carbocycles. The van der Waals surface area contributed by atoms with Crippen molar-refractivity contribution >= 4 is 11.6 Å². The average molecular weight is 159 g/mol. The Morgan fingerprint density at radius 1 is 1.70 bits per heavy atom. The summed E-state index contributed by atoms with van der Waals surface area (Å²) >= 11 is 6.26. The smallest absolute Gasteiger partial charge is 0.0481 e. The summed E-state index contributed by atoms with van der Waals surface area (Å²) in [6.07, 6.45) is 3.52. The topological polar surface area (TPSA) is 0 Å². The van der Waals surface area contributed by atoms with Gasteiger partial charge in [0.1, 0.15) is 0 Å². The first kappa shape index (κ1) is 8.13. The van der Waals surface area contributed by atoms with E-state index in [0.29, 0.717) is 5.92 Å². The van der Waals surface area contributed by atoms with Gasteiger partial charge in [0.2, 0.25) is 0 Å². The van der Waals surface area contributed by atoms with Gasteiger partial charge < -0.3 is 0 Å². The highest BCUT2D eigenvalue weighted by Crippen LogP contribution is 2.40. The van der Waals surface area contributed by atoms with Gasteiger partial charge in [0.15, 0.2) is 0 Å². The van der Waals surface area contributed by atoms with Crippen molar-refractivity contribution in [3.05, 3.63) is 12.2 Å². The molecule has 1 rings (SSSR count). The minimum Gasteiger partial charge on any atom is -0.119 e. The van der Waals surface area contributed by atoms with Crippen LogP contribution >= 0.6 is 11.6 Å². The fourth-order valence-corrected chi connectivity index (χ4v) is 1.81. The second-order valence-electron chi connectivity index (χ2n) is 3.51. The van der Waals surface area contributed by atoms with Gasteiger partial charge in [-0.3, -0.25) is 0 Å². The summed E-state index contributed by atoms with van der Waals surface area (Å²) in [5.74, 6) is 0.489. The highest BCUT2D eigenvalue weighted by atomic mass is 35.5. The second-order valence-corrected chi connectivity index (χ2v) is 4.38. The summed E-state index contributed by atoms with van der Waals surface area (Å²) in [7, 11) is 0. The van der Waals surface area contributed by atoms with Crippen LogP contribution in [0.1, 0.15) is 33.1 Å². The minimum atomic E-state index is -0.0185. The Morgan fingerprint density at radius 2 is 2.30 bits per heavy atom. The van der Waals surface area contributed by atoms with Gasteiger partial charge in [0.25, 0.3) is 0 Å². The molecule has 0 aromatic rings. The molecule has 0 bridgehead atoms. The molecule has 1 saturated carbocycles. The molecule has 1 heteroatoms. The summed E-state index contributed by atoms with van der Waals surface area (Å²) in [6.45, 7) is 8.30. The van der Waals surface area contributed by atoms with Gasteiger partial charge in [-0.2, -0.15) is 0 Å². The maximum Gasteiger partial charge on any atom is 0.0481 e. The number of alkyl halides is 1. The van der Waals surface area contributed by atoms with Crippen molar-refractivity contribution in [3.63, 3.8) is 0 Å². The van der Waals surface area contributed by atoms with Gasteiger partial charge in [-0.05, 0) is 32.1 Å². The number of halogens is 1. The van der Waals surface area contributed by atoms with Crippen LogP contribution < -0.4 is 0 Å². The monoisotopic (exact) mass is 158 g/mol. The predicted octanol–water partition coefficient (Wildman–Crippen LogP) is 3.36. The molecule has 0 radical (unpaired) electrons. The minimum absolute atomic E-state index is 0.0185. The van der Waals surface area contributed by atoms with Crippen molar-refractivity contribution in [1.82, 2.24) is 0 Å². The van der Waals surface area contributed by atoms with E-state index in [1.165, 1.54) is 18.4 Å². The first-order valence-electron chi connectivity index (χ1n) is 3.90. The molecule has 0 aromatic carbocycles. The molecule has 0 aliphatic heterocycles. The molecular weight excluding hydrogens is 144 g/mol. The van der Waals surface area contributed by atoms with Crippen molar-refractivity contribution in [2.24, 2.45) is 5.92 Å². The highest BCUT2D eigenvalue weighted by Gasteiger charge is 2.33. The Hall–Kier alpha value is 0.0300. The Balaban J connectivity index is 2.69.